The summed E-state index contributed by atoms with van der Waals surface area (Å²) in [4.78, 5) is 0. The standard InChI is InChI=1S/C25H25F2N3/c1-30-25(19-10-6-3-7-11-19,15-14-23(28)18-8-4-2-5-9-18)17-24(29-30)21-16-20(26)12-13-22(21)27/h2-13,16,23H,14-15,17,28H2,1H3. The highest BCUT2D eigenvalue weighted by molar-refractivity contribution is 6.02. The van der Waals surface area contributed by atoms with Gasteiger partial charge in [0.2, 0.25) is 0 Å². The molecule has 4 rings (SSSR count). The van der Waals surface area contributed by atoms with Crippen LogP contribution >= 0.6 is 0 Å². The van der Waals surface area contributed by atoms with Gasteiger partial charge in [-0.25, -0.2) is 8.78 Å². The Morgan fingerprint density at radius 2 is 1.67 bits per heavy atom. The summed E-state index contributed by atoms with van der Waals surface area (Å²) in [5.41, 5.74) is 8.94. The van der Waals surface area contributed by atoms with Crippen LogP contribution in [-0.4, -0.2) is 17.8 Å². The van der Waals surface area contributed by atoms with Crippen molar-refractivity contribution >= 4 is 5.71 Å². The minimum Gasteiger partial charge on any atom is -0.324 e. The summed E-state index contributed by atoms with van der Waals surface area (Å²) in [5, 5.41) is 6.53. The molecule has 1 aliphatic rings. The molecule has 3 nitrogen and oxygen atoms in total. The van der Waals surface area contributed by atoms with Gasteiger partial charge in [0.05, 0.1) is 11.3 Å². The van der Waals surface area contributed by atoms with Crippen LogP contribution in [0.2, 0.25) is 0 Å². The molecule has 0 spiro atoms. The number of hydrazone groups is 1. The fraction of sp³-hybridized carbons (Fsp3) is 0.240. The van der Waals surface area contributed by atoms with Gasteiger partial charge in [-0.05, 0) is 42.2 Å². The maximum absolute atomic E-state index is 14.5. The van der Waals surface area contributed by atoms with Crippen molar-refractivity contribution in [3.63, 3.8) is 0 Å². The Morgan fingerprint density at radius 3 is 2.37 bits per heavy atom. The number of hydrogen-bond donors (Lipinski definition) is 1. The maximum Gasteiger partial charge on any atom is 0.132 e. The summed E-state index contributed by atoms with van der Waals surface area (Å²) in [6.07, 6.45) is 1.95. The van der Waals surface area contributed by atoms with Crippen molar-refractivity contribution in [3.05, 3.63) is 107 Å². The van der Waals surface area contributed by atoms with Gasteiger partial charge in [-0.15, -0.1) is 0 Å². The SMILES string of the molecule is CN1N=C(c2cc(F)ccc2F)CC1(CCC(N)c1ccccc1)c1ccccc1. The minimum atomic E-state index is -0.472. The first-order valence-corrected chi connectivity index (χ1v) is 10.1. The van der Waals surface area contributed by atoms with E-state index in [1.54, 1.807) is 0 Å². The van der Waals surface area contributed by atoms with Gasteiger partial charge in [-0.3, -0.25) is 5.01 Å². The quantitative estimate of drug-likeness (QED) is 0.598. The molecule has 0 saturated heterocycles. The Balaban J connectivity index is 1.65. The van der Waals surface area contributed by atoms with Crippen molar-refractivity contribution in [2.75, 3.05) is 7.05 Å². The zero-order chi connectivity index (χ0) is 21.1. The van der Waals surface area contributed by atoms with E-state index in [0.717, 1.165) is 36.1 Å². The second-order valence-corrected chi connectivity index (χ2v) is 7.82. The van der Waals surface area contributed by atoms with Gasteiger partial charge >= 0.3 is 0 Å². The smallest absolute Gasteiger partial charge is 0.132 e. The Hall–Kier alpha value is -3.05. The van der Waals surface area contributed by atoms with E-state index in [9.17, 15) is 8.78 Å². The van der Waals surface area contributed by atoms with Gasteiger partial charge < -0.3 is 5.73 Å². The number of rotatable bonds is 6. The van der Waals surface area contributed by atoms with E-state index in [1.807, 2.05) is 60.6 Å². The Labute approximate surface area is 175 Å². The second kappa shape index (κ2) is 8.36. The molecule has 0 saturated carbocycles. The Morgan fingerprint density at radius 1 is 1.00 bits per heavy atom. The number of hydrogen-bond acceptors (Lipinski definition) is 3. The maximum atomic E-state index is 14.5. The lowest BCUT2D eigenvalue weighted by molar-refractivity contribution is 0.134. The first-order chi connectivity index (χ1) is 14.5. The van der Waals surface area contributed by atoms with Crippen LogP contribution in [-0.2, 0) is 5.54 Å². The van der Waals surface area contributed by atoms with E-state index in [0.29, 0.717) is 12.1 Å². The van der Waals surface area contributed by atoms with E-state index in [-0.39, 0.29) is 11.6 Å². The predicted octanol–water partition coefficient (Wildman–Crippen LogP) is 5.38. The molecular formula is C25H25F2N3. The molecule has 0 radical (unpaired) electrons. The highest BCUT2D eigenvalue weighted by atomic mass is 19.1. The van der Waals surface area contributed by atoms with Crippen molar-refractivity contribution in [3.8, 4) is 0 Å². The summed E-state index contributed by atoms with van der Waals surface area (Å²) < 4.78 is 28.3. The largest absolute Gasteiger partial charge is 0.324 e. The monoisotopic (exact) mass is 405 g/mol. The zero-order valence-corrected chi connectivity index (χ0v) is 16.9. The van der Waals surface area contributed by atoms with Gasteiger partial charge in [0.25, 0.3) is 0 Å². The van der Waals surface area contributed by atoms with Crippen molar-refractivity contribution in [2.24, 2.45) is 10.8 Å². The molecule has 3 aromatic rings. The average Bonchev–Trinajstić information content (AvgIpc) is 3.12. The van der Waals surface area contributed by atoms with Crippen LogP contribution in [0.3, 0.4) is 0 Å². The number of nitrogens with zero attached hydrogens (tertiary/aromatic N) is 2. The van der Waals surface area contributed by atoms with Crippen molar-refractivity contribution in [1.29, 1.82) is 0 Å². The van der Waals surface area contributed by atoms with Crippen LogP contribution in [0.5, 0.6) is 0 Å². The van der Waals surface area contributed by atoms with Gasteiger partial charge in [-0.1, -0.05) is 60.7 Å². The normalized spacial score (nSPS) is 19.6. The second-order valence-electron chi connectivity index (χ2n) is 7.82. The first-order valence-electron chi connectivity index (χ1n) is 10.1. The van der Waals surface area contributed by atoms with Crippen LogP contribution in [0, 0.1) is 11.6 Å². The van der Waals surface area contributed by atoms with Gasteiger partial charge in [-0.2, -0.15) is 5.10 Å². The van der Waals surface area contributed by atoms with Crippen molar-refractivity contribution in [2.45, 2.75) is 30.8 Å². The van der Waals surface area contributed by atoms with Crippen molar-refractivity contribution < 1.29 is 8.78 Å². The molecule has 2 N–H and O–H groups in total. The molecule has 1 aliphatic heterocycles. The number of nitrogens with two attached hydrogens (primary N) is 1. The molecule has 2 unspecified atom stereocenters. The Bertz CT molecular complexity index is 1040. The van der Waals surface area contributed by atoms with Gasteiger partial charge in [0, 0.05) is 25.1 Å². The Kier molecular flexibility index (Phi) is 5.64. The fourth-order valence-corrected chi connectivity index (χ4v) is 4.26. The number of benzene rings is 3. The van der Waals surface area contributed by atoms with Crippen LogP contribution in [0.1, 0.15) is 42.0 Å². The molecule has 2 atom stereocenters. The van der Waals surface area contributed by atoms with Crippen LogP contribution in [0.15, 0.2) is 84.0 Å². The minimum absolute atomic E-state index is 0.116. The molecule has 0 fully saturated rings. The summed E-state index contributed by atoms with van der Waals surface area (Å²) >= 11 is 0. The lowest BCUT2D eigenvalue weighted by Crippen LogP contribution is -2.38. The van der Waals surface area contributed by atoms with Gasteiger partial charge in [0.1, 0.15) is 11.6 Å². The predicted molar refractivity (Wildman–Crippen MR) is 116 cm³/mol. The highest BCUT2D eigenvalue weighted by Crippen LogP contribution is 2.43. The molecule has 0 aliphatic carbocycles. The summed E-state index contributed by atoms with van der Waals surface area (Å²) in [5.74, 6) is -0.937. The summed E-state index contributed by atoms with van der Waals surface area (Å²) in [6.45, 7) is 0. The van der Waals surface area contributed by atoms with Gasteiger partial charge in [0.15, 0.2) is 0 Å². The van der Waals surface area contributed by atoms with Crippen LogP contribution < -0.4 is 5.73 Å². The molecule has 1 heterocycles. The third-order valence-electron chi connectivity index (χ3n) is 6.00. The van der Waals surface area contributed by atoms with E-state index >= 15 is 0 Å². The van der Waals surface area contributed by atoms with Crippen LogP contribution in [0.25, 0.3) is 0 Å². The molecule has 154 valence electrons. The molecule has 0 aromatic heterocycles. The molecule has 0 bridgehead atoms. The molecule has 0 amide bonds. The first kappa shape index (κ1) is 20.2. The molecule has 5 heteroatoms. The van der Waals surface area contributed by atoms with Crippen LogP contribution in [0.4, 0.5) is 8.78 Å². The fourth-order valence-electron chi connectivity index (χ4n) is 4.26. The van der Waals surface area contributed by atoms with E-state index < -0.39 is 17.2 Å². The summed E-state index contributed by atoms with van der Waals surface area (Å²) in [7, 11) is 1.89. The molecular weight excluding hydrogens is 380 g/mol. The van der Waals surface area contributed by atoms with E-state index in [2.05, 4.69) is 17.2 Å². The van der Waals surface area contributed by atoms with E-state index in [4.69, 9.17) is 5.73 Å². The third-order valence-corrected chi connectivity index (χ3v) is 6.00. The zero-order valence-electron chi connectivity index (χ0n) is 16.9. The highest BCUT2D eigenvalue weighted by Gasteiger charge is 2.43. The number of halogens is 2. The lowest BCUT2D eigenvalue weighted by Gasteiger charge is -2.37. The lowest BCUT2D eigenvalue weighted by atomic mass is 9.79. The van der Waals surface area contributed by atoms with E-state index in [1.165, 1.54) is 6.07 Å². The molecule has 30 heavy (non-hydrogen) atoms. The van der Waals surface area contributed by atoms with Crippen molar-refractivity contribution in [1.82, 2.24) is 5.01 Å². The summed E-state index contributed by atoms with van der Waals surface area (Å²) in [6, 6.07) is 23.5. The molecule has 3 aromatic carbocycles. The average molecular weight is 405 g/mol. The third kappa shape index (κ3) is 3.85. The topological polar surface area (TPSA) is 41.6 Å².